The lowest BCUT2D eigenvalue weighted by molar-refractivity contribution is 0.637. The molecule has 0 aromatic heterocycles. The molecule has 0 spiro atoms. The fraction of sp³-hybridized carbons (Fsp3) is 0.588. The van der Waals surface area contributed by atoms with Crippen molar-refractivity contribution in [3.63, 3.8) is 0 Å². The van der Waals surface area contributed by atoms with Gasteiger partial charge < -0.3 is 10.6 Å². The molecule has 3 rings (SSSR count). The van der Waals surface area contributed by atoms with Crippen LogP contribution in [0.2, 0.25) is 0 Å². The molecule has 2 saturated carbocycles. The lowest BCUT2D eigenvalue weighted by Crippen LogP contribution is -2.42. The highest BCUT2D eigenvalue weighted by Gasteiger charge is 2.44. The topological polar surface area (TPSA) is 36.4 Å². The van der Waals surface area contributed by atoms with Crippen LogP contribution in [0.3, 0.4) is 0 Å². The van der Waals surface area contributed by atoms with Gasteiger partial charge in [0.05, 0.1) is 0 Å². The van der Waals surface area contributed by atoms with E-state index in [0.29, 0.717) is 5.41 Å². The Balaban J connectivity index is 1.58. The van der Waals surface area contributed by atoms with Gasteiger partial charge >= 0.3 is 0 Å². The lowest BCUT2D eigenvalue weighted by atomic mass is 9.92. The fourth-order valence-corrected chi connectivity index (χ4v) is 2.90. The van der Waals surface area contributed by atoms with E-state index in [1.807, 2.05) is 7.05 Å². The molecule has 0 radical (unpaired) electrons. The summed E-state index contributed by atoms with van der Waals surface area (Å²) in [5, 5.41) is 6.96. The molecule has 3 nitrogen and oxygen atoms in total. The number of guanidine groups is 1. The van der Waals surface area contributed by atoms with E-state index in [-0.39, 0.29) is 0 Å². The highest BCUT2D eigenvalue weighted by atomic mass is 15.2. The average molecular weight is 271 g/mol. The van der Waals surface area contributed by atoms with Crippen LogP contribution in [0, 0.1) is 12.8 Å². The van der Waals surface area contributed by atoms with Gasteiger partial charge in [0.25, 0.3) is 0 Å². The molecular weight excluding hydrogens is 246 g/mol. The van der Waals surface area contributed by atoms with Crippen LogP contribution in [0.15, 0.2) is 29.3 Å². The van der Waals surface area contributed by atoms with Crippen molar-refractivity contribution in [2.45, 2.75) is 38.0 Å². The zero-order valence-corrected chi connectivity index (χ0v) is 12.6. The van der Waals surface area contributed by atoms with Gasteiger partial charge in [0, 0.05) is 25.6 Å². The molecule has 3 heteroatoms. The number of aliphatic imine (C=N–C) groups is 1. The summed E-state index contributed by atoms with van der Waals surface area (Å²) in [6.45, 7) is 4.27. The van der Waals surface area contributed by atoms with Crippen LogP contribution in [0.25, 0.3) is 0 Å². The van der Waals surface area contributed by atoms with E-state index in [2.05, 4.69) is 46.8 Å². The monoisotopic (exact) mass is 271 g/mol. The molecule has 0 atom stereocenters. The maximum atomic E-state index is 4.33. The maximum absolute atomic E-state index is 4.33. The van der Waals surface area contributed by atoms with E-state index in [1.165, 1.54) is 36.8 Å². The predicted octanol–water partition coefficient (Wildman–Crippen LogP) is 2.60. The summed E-state index contributed by atoms with van der Waals surface area (Å²) in [7, 11) is 1.86. The summed E-state index contributed by atoms with van der Waals surface area (Å²) in [5.74, 6) is 1.83. The standard InChI is InChI=1S/C17H25N3/c1-13-5-3-4-6-15(13)17(9-10-17)12-20-16(18-2)19-11-14-7-8-14/h3-6,14H,7-12H2,1-2H3,(H2,18,19,20). The second kappa shape index (κ2) is 5.47. The van der Waals surface area contributed by atoms with E-state index in [9.17, 15) is 0 Å². The summed E-state index contributed by atoms with van der Waals surface area (Å²) in [5.41, 5.74) is 3.25. The molecule has 2 aliphatic carbocycles. The van der Waals surface area contributed by atoms with Gasteiger partial charge in [0.1, 0.15) is 0 Å². The Bertz CT molecular complexity index is 499. The SMILES string of the molecule is CN=C(NCC1CC1)NCC1(c2ccccc2C)CC1. The van der Waals surface area contributed by atoms with Gasteiger partial charge in [-0.3, -0.25) is 4.99 Å². The summed E-state index contributed by atoms with van der Waals surface area (Å²) in [4.78, 5) is 4.33. The highest BCUT2D eigenvalue weighted by Crippen LogP contribution is 2.48. The normalized spacial score (nSPS) is 20.6. The van der Waals surface area contributed by atoms with Crippen LogP contribution in [0.5, 0.6) is 0 Å². The maximum Gasteiger partial charge on any atom is 0.191 e. The number of rotatable bonds is 5. The van der Waals surface area contributed by atoms with E-state index in [1.54, 1.807) is 0 Å². The summed E-state index contributed by atoms with van der Waals surface area (Å²) in [6.07, 6.45) is 5.31. The first-order chi connectivity index (χ1) is 9.73. The van der Waals surface area contributed by atoms with Gasteiger partial charge in [-0.15, -0.1) is 0 Å². The Hall–Kier alpha value is -1.51. The van der Waals surface area contributed by atoms with Crippen LogP contribution in [0.1, 0.15) is 36.8 Å². The van der Waals surface area contributed by atoms with Crippen molar-refractivity contribution in [2.24, 2.45) is 10.9 Å². The summed E-state index contributed by atoms with van der Waals surface area (Å²) in [6, 6.07) is 8.78. The molecule has 2 N–H and O–H groups in total. The van der Waals surface area contributed by atoms with Crippen LogP contribution >= 0.6 is 0 Å². The van der Waals surface area contributed by atoms with Gasteiger partial charge in [-0.25, -0.2) is 0 Å². The van der Waals surface area contributed by atoms with Crippen LogP contribution in [0.4, 0.5) is 0 Å². The molecule has 0 heterocycles. The van der Waals surface area contributed by atoms with Crippen molar-refractivity contribution < 1.29 is 0 Å². The van der Waals surface area contributed by atoms with Crippen molar-refractivity contribution in [3.8, 4) is 0 Å². The molecule has 0 bridgehead atoms. The van der Waals surface area contributed by atoms with E-state index >= 15 is 0 Å². The Kier molecular flexibility index (Phi) is 3.68. The third kappa shape index (κ3) is 2.97. The third-order valence-electron chi connectivity index (χ3n) is 4.64. The van der Waals surface area contributed by atoms with Gasteiger partial charge in [-0.1, -0.05) is 24.3 Å². The second-order valence-electron chi connectivity index (χ2n) is 6.35. The molecule has 1 aromatic carbocycles. The number of benzene rings is 1. The fourth-order valence-electron chi connectivity index (χ4n) is 2.90. The molecule has 0 aliphatic heterocycles. The first-order valence-corrected chi connectivity index (χ1v) is 7.74. The van der Waals surface area contributed by atoms with Crippen LogP contribution < -0.4 is 10.6 Å². The van der Waals surface area contributed by atoms with Gasteiger partial charge in [0.2, 0.25) is 0 Å². The molecule has 2 aliphatic rings. The number of nitrogens with one attached hydrogen (secondary N) is 2. The number of nitrogens with zero attached hydrogens (tertiary/aromatic N) is 1. The molecule has 0 unspecified atom stereocenters. The molecule has 0 amide bonds. The average Bonchev–Trinajstić information content (AvgIpc) is 3.35. The predicted molar refractivity (Wildman–Crippen MR) is 84.2 cm³/mol. The lowest BCUT2D eigenvalue weighted by Gasteiger charge is -2.20. The van der Waals surface area contributed by atoms with E-state index in [0.717, 1.165) is 25.0 Å². The van der Waals surface area contributed by atoms with Crippen molar-refractivity contribution >= 4 is 5.96 Å². The third-order valence-corrected chi connectivity index (χ3v) is 4.64. The Morgan fingerprint density at radius 3 is 2.60 bits per heavy atom. The summed E-state index contributed by atoms with van der Waals surface area (Å²) < 4.78 is 0. The molecular formula is C17H25N3. The van der Waals surface area contributed by atoms with Crippen molar-refractivity contribution in [3.05, 3.63) is 35.4 Å². The molecule has 0 saturated heterocycles. The van der Waals surface area contributed by atoms with Crippen molar-refractivity contribution in [2.75, 3.05) is 20.1 Å². The molecule has 108 valence electrons. The smallest absolute Gasteiger partial charge is 0.191 e. The Labute approximate surface area is 121 Å². The van der Waals surface area contributed by atoms with Gasteiger partial charge in [0.15, 0.2) is 5.96 Å². The largest absolute Gasteiger partial charge is 0.356 e. The van der Waals surface area contributed by atoms with Crippen molar-refractivity contribution in [1.29, 1.82) is 0 Å². The number of aryl methyl sites for hydroxylation is 1. The zero-order chi connectivity index (χ0) is 14.0. The Morgan fingerprint density at radius 1 is 1.25 bits per heavy atom. The minimum Gasteiger partial charge on any atom is -0.356 e. The highest BCUT2D eigenvalue weighted by molar-refractivity contribution is 5.79. The summed E-state index contributed by atoms with van der Waals surface area (Å²) >= 11 is 0. The second-order valence-corrected chi connectivity index (χ2v) is 6.35. The minimum absolute atomic E-state index is 0.336. The number of hydrogen-bond acceptors (Lipinski definition) is 1. The van der Waals surface area contributed by atoms with Gasteiger partial charge in [-0.05, 0) is 49.7 Å². The van der Waals surface area contributed by atoms with Crippen LogP contribution in [-0.2, 0) is 5.41 Å². The zero-order valence-electron chi connectivity index (χ0n) is 12.6. The molecule has 20 heavy (non-hydrogen) atoms. The van der Waals surface area contributed by atoms with E-state index < -0.39 is 0 Å². The van der Waals surface area contributed by atoms with Crippen molar-refractivity contribution in [1.82, 2.24) is 10.6 Å². The van der Waals surface area contributed by atoms with Crippen LogP contribution in [-0.4, -0.2) is 26.1 Å². The Morgan fingerprint density at radius 2 is 2.00 bits per heavy atom. The first kappa shape index (κ1) is 13.5. The number of hydrogen-bond donors (Lipinski definition) is 2. The minimum atomic E-state index is 0.336. The van der Waals surface area contributed by atoms with Gasteiger partial charge in [-0.2, -0.15) is 0 Å². The molecule has 1 aromatic rings. The first-order valence-electron chi connectivity index (χ1n) is 7.74. The van der Waals surface area contributed by atoms with E-state index in [4.69, 9.17) is 0 Å². The quantitative estimate of drug-likeness (QED) is 0.638. The molecule has 2 fully saturated rings.